The van der Waals surface area contributed by atoms with Crippen molar-refractivity contribution < 1.29 is 9.53 Å². The number of nitrogens with zero attached hydrogens (tertiary/aromatic N) is 5. The predicted molar refractivity (Wildman–Crippen MR) is 135 cm³/mol. The Kier molecular flexibility index (Phi) is 8.28. The van der Waals surface area contributed by atoms with Crippen LogP contribution in [0.5, 0.6) is 0 Å². The van der Waals surface area contributed by atoms with Crippen LogP contribution in [0, 0.1) is 0 Å². The molecule has 0 unspecified atom stereocenters. The molecule has 2 aromatic heterocycles. The molecule has 9 heteroatoms. The SMILES string of the molecule is CCCn1c2c(c(=O)n(CCCOC)c1=O)CC(c1ccc(CCCCN3CCCC3=O)nc1)=N2. The fourth-order valence-corrected chi connectivity index (χ4v) is 4.81. The van der Waals surface area contributed by atoms with Crippen molar-refractivity contribution in [3.63, 3.8) is 0 Å². The van der Waals surface area contributed by atoms with Crippen molar-refractivity contribution in [2.75, 3.05) is 26.8 Å². The van der Waals surface area contributed by atoms with Crippen LogP contribution in [-0.2, 0) is 35.5 Å². The standard InChI is InChI=1S/C26H35N5O4/c1-3-12-30-24-21(25(33)31(26(30)34)15-7-16-35-2)17-22(28-24)19-10-11-20(27-18-19)8-4-5-13-29-14-6-9-23(29)32/h10-11,18H,3-9,12-17H2,1-2H3. The topological polar surface area (TPSA) is 98.8 Å². The molecule has 0 spiro atoms. The Morgan fingerprint density at radius 1 is 1.03 bits per heavy atom. The number of hydrogen-bond acceptors (Lipinski definition) is 6. The van der Waals surface area contributed by atoms with Crippen molar-refractivity contribution in [3.05, 3.63) is 56.0 Å². The number of aryl methyl sites for hydroxylation is 1. The smallest absolute Gasteiger partial charge is 0.332 e. The van der Waals surface area contributed by atoms with E-state index in [1.54, 1.807) is 11.7 Å². The van der Waals surface area contributed by atoms with Crippen LogP contribution in [0.3, 0.4) is 0 Å². The molecule has 0 N–H and O–H groups in total. The molecule has 0 aliphatic carbocycles. The number of methoxy groups -OCH3 is 1. The summed E-state index contributed by atoms with van der Waals surface area (Å²) in [7, 11) is 1.61. The Morgan fingerprint density at radius 2 is 1.89 bits per heavy atom. The molecule has 2 aromatic rings. The molecule has 0 radical (unpaired) electrons. The van der Waals surface area contributed by atoms with E-state index >= 15 is 0 Å². The number of likely N-dealkylation sites (tertiary alicyclic amines) is 1. The summed E-state index contributed by atoms with van der Waals surface area (Å²) < 4.78 is 8.04. The van der Waals surface area contributed by atoms with Gasteiger partial charge in [-0.3, -0.25) is 23.7 Å². The Morgan fingerprint density at radius 3 is 2.57 bits per heavy atom. The van der Waals surface area contributed by atoms with Crippen LogP contribution >= 0.6 is 0 Å². The molecule has 35 heavy (non-hydrogen) atoms. The van der Waals surface area contributed by atoms with Crippen LogP contribution in [0.4, 0.5) is 5.82 Å². The van der Waals surface area contributed by atoms with Gasteiger partial charge in [0.1, 0.15) is 5.82 Å². The zero-order valence-corrected chi connectivity index (χ0v) is 20.8. The fourth-order valence-electron chi connectivity index (χ4n) is 4.81. The highest BCUT2D eigenvalue weighted by atomic mass is 16.5. The number of aromatic nitrogens is 3. The largest absolute Gasteiger partial charge is 0.385 e. The Balaban J connectivity index is 1.44. The first-order valence-corrected chi connectivity index (χ1v) is 12.7. The molecule has 9 nitrogen and oxygen atoms in total. The van der Waals surface area contributed by atoms with E-state index in [1.807, 2.05) is 30.2 Å². The van der Waals surface area contributed by atoms with Crippen LogP contribution < -0.4 is 11.2 Å². The van der Waals surface area contributed by atoms with Gasteiger partial charge in [0.2, 0.25) is 5.91 Å². The number of carbonyl (C=O) groups is 1. The van der Waals surface area contributed by atoms with Crippen LogP contribution in [0.1, 0.15) is 62.3 Å². The first-order chi connectivity index (χ1) is 17.0. The molecule has 0 atom stereocenters. The molecule has 2 aliphatic rings. The summed E-state index contributed by atoms with van der Waals surface area (Å²) in [6.45, 7) is 5.06. The maximum atomic E-state index is 13.1. The predicted octanol–water partition coefficient (Wildman–Crippen LogP) is 2.47. The lowest BCUT2D eigenvalue weighted by Gasteiger charge is -2.14. The Bertz CT molecular complexity index is 1200. The number of hydrogen-bond donors (Lipinski definition) is 0. The monoisotopic (exact) mass is 481 g/mol. The van der Waals surface area contributed by atoms with E-state index in [1.165, 1.54) is 4.57 Å². The summed E-state index contributed by atoms with van der Waals surface area (Å²) in [6.07, 6.45) is 8.06. The number of pyridine rings is 1. The second-order valence-corrected chi connectivity index (χ2v) is 9.25. The van der Waals surface area contributed by atoms with Gasteiger partial charge in [0.25, 0.3) is 5.56 Å². The number of rotatable bonds is 12. The molecule has 2 aliphatic heterocycles. The lowest BCUT2D eigenvalue weighted by Crippen LogP contribution is -2.41. The minimum Gasteiger partial charge on any atom is -0.385 e. The van der Waals surface area contributed by atoms with Gasteiger partial charge in [0.15, 0.2) is 0 Å². The molecule has 0 saturated carbocycles. The summed E-state index contributed by atoms with van der Waals surface area (Å²) in [5.41, 5.74) is 2.65. The fraction of sp³-hybridized carbons (Fsp3) is 0.577. The molecule has 4 rings (SSSR count). The molecule has 0 bridgehead atoms. The van der Waals surface area contributed by atoms with Gasteiger partial charge < -0.3 is 9.64 Å². The number of unbranched alkanes of at least 4 members (excludes halogenated alkanes) is 1. The van der Waals surface area contributed by atoms with E-state index in [0.29, 0.717) is 50.3 Å². The molecule has 1 saturated heterocycles. The van der Waals surface area contributed by atoms with Crippen LogP contribution in [0.2, 0.25) is 0 Å². The van der Waals surface area contributed by atoms with E-state index in [4.69, 9.17) is 9.73 Å². The normalized spacial score (nSPS) is 15.1. The van der Waals surface area contributed by atoms with Crippen molar-refractivity contribution >= 4 is 17.4 Å². The molecular weight excluding hydrogens is 446 g/mol. The number of carbonyl (C=O) groups excluding carboxylic acids is 1. The van der Waals surface area contributed by atoms with Crippen LogP contribution in [0.15, 0.2) is 32.9 Å². The molecule has 1 fully saturated rings. The number of amides is 1. The van der Waals surface area contributed by atoms with E-state index < -0.39 is 0 Å². The zero-order valence-electron chi connectivity index (χ0n) is 20.8. The highest BCUT2D eigenvalue weighted by Gasteiger charge is 2.26. The third kappa shape index (κ3) is 5.61. The summed E-state index contributed by atoms with van der Waals surface area (Å²) in [5, 5.41) is 0. The maximum Gasteiger partial charge on any atom is 0.332 e. The lowest BCUT2D eigenvalue weighted by atomic mass is 10.1. The van der Waals surface area contributed by atoms with Crippen LogP contribution in [0.25, 0.3) is 0 Å². The second kappa shape index (κ2) is 11.6. The first-order valence-electron chi connectivity index (χ1n) is 12.7. The van der Waals surface area contributed by atoms with Crippen molar-refractivity contribution in [2.24, 2.45) is 4.99 Å². The van der Waals surface area contributed by atoms with E-state index in [0.717, 1.165) is 62.2 Å². The van der Waals surface area contributed by atoms with Gasteiger partial charge in [-0.2, -0.15) is 0 Å². The molecule has 4 heterocycles. The van der Waals surface area contributed by atoms with Crippen molar-refractivity contribution in [1.29, 1.82) is 0 Å². The molecule has 188 valence electrons. The second-order valence-electron chi connectivity index (χ2n) is 9.25. The van der Waals surface area contributed by atoms with Gasteiger partial charge in [0.05, 0.1) is 11.3 Å². The van der Waals surface area contributed by atoms with Crippen LogP contribution in [-0.4, -0.2) is 57.4 Å². The highest BCUT2D eigenvalue weighted by Crippen LogP contribution is 2.25. The van der Waals surface area contributed by atoms with Gasteiger partial charge >= 0.3 is 5.69 Å². The number of ether oxygens (including phenoxy) is 1. The third-order valence-corrected chi connectivity index (χ3v) is 6.69. The van der Waals surface area contributed by atoms with Crippen molar-refractivity contribution in [2.45, 2.75) is 71.4 Å². The van der Waals surface area contributed by atoms with Crippen molar-refractivity contribution in [3.8, 4) is 0 Å². The molecule has 1 amide bonds. The average molecular weight is 482 g/mol. The quantitative estimate of drug-likeness (QED) is 0.434. The van der Waals surface area contributed by atoms with E-state index in [9.17, 15) is 14.4 Å². The minimum atomic E-state index is -0.305. The Hall–Kier alpha value is -3.07. The molecule has 0 aromatic carbocycles. The molecular formula is C26H35N5O4. The maximum absolute atomic E-state index is 13.1. The van der Waals surface area contributed by atoms with Gasteiger partial charge in [-0.25, -0.2) is 9.79 Å². The zero-order chi connectivity index (χ0) is 24.8. The lowest BCUT2D eigenvalue weighted by molar-refractivity contribution is -0.127. The number of aliphatic imine (C=N–C) groups is 1. The van der Waals surface area contributed by atoms with Gasteiger partial charge in [-0.1, -0.05) is 6.92 Å². The highest BCUT2D eigenvalue weighted by molar-refractivity contribution is 6.05. The third-order valence-electron chi connectivity index (χ3n) is 6.69. The Labute approximate surface area is 205 Å². The summed E-state index contributed by atoms with van der Waals surface area (Å²) >= 11 is 0. The average Bonchev–Trinajstić information content (AvgIpc) is 3.49. The first kappa shape index (κ1) is 25.0. The van der Waals surface area contributed by atoms with E-state index in [2.05, 4.69) is 4.98 Å². The minimum absolute atomic E-state index is 0.256. The van der Waals surface area contributed by atoms with Gasteiger partial charge in [0, 0.05) is 70.2 Å². The van der Waals surface area contributed by atoms with Gasteiger partial charge in [-0.15, -0.1) is 0 Å². The van der Waals surface area contributed by atoms with Gasteiger partial charge in [-0.05, 0) is 50.7 Å². The number of fused-ring (bicyclic) bond motifs is 1. The van der Waals surface area contributed by atoms with E-state index in [-0.39, 0.29) is 17.2 Å². The summed E-state index contributed by atoms with van der Waals surface area (Å²) in [4.78, 5) is 49.2. The summed E-state index contributed by atoms with van der Waals surface area (Å²) in [5.74, 6) is 0.761. The van der Waals surface area contributed by atoms with Crippen molar-refractivity contribution in [1.82, 2.24) is 19.0 Å². The summed E-state index contributed by atoms with van der Waals surface area (Å²) in [6, 6.07) is 4.00.